The van der Waals surface area contributed by atoms with Gasteiger partial charge in [-0.15, -0.1) is 0 Å². The van der Waals surface area contributed by atoms with Crippen LogP contribution in [0.5, 0.6) is 5.75 Å². The maximum absolute atomic E-state index is 11.1. The zero-order chi connectivity index (χ0) is 14.7. The molecule has 21 heavy (non-hydrogen) atoms. The van der Waals surface area contributed by atoms with Crippen molar-refractivity contribution in [2.24, 2.45) is 0 Å². The lowest BCUT2D eigenvalue weighted by Crippen LogP contribution is -2.00. The van der Waals surface area contributed by atoms with Crippen LogP contribution in [0.4, 0.5) is 0 Å². The third kappa shape index (κ3) is 2.65. The summed E-state index contributed by atoms with van der Waals surface area (Å²) in [7, 11) is 0. The predicted octanol–water partition coefficient (Wildman–Crippen LogP) is 4.54. The van der Waals surface area contributed by atoms with Crippen LogP contribution < -0.4 is 4.74 Å². The highest BCUT2D eigenvalue weighted by molar-refractivity contribution is 5.85. The molecule has 0 aliphatic carbocycles. The van der Waals surface area contributed by atoms with Crippen LogP contribution in [0.25, 0.3) is 10.8 Å². The fourth-order valence-electron chi connectivity index (χ4n) is 2.53. The average molecular weight is 276 g/mol. The second kappa shape index (κ2) is 5.80. The number of carbonyl (C=O) groups excluding carboxylic acids is 1. The van der Waals surface area contributed by atoms with E-state index in [1.165, 1.54) is 10.8 Å². The summed E-state index contributed by atoms with van der Waals surface area (Å²) in [6.45, 7) is 2.40. The number of carbonyl (C=O) groups is 1. The van der Waals surface area contributed by atoms with Crippen LogP contribution in [-0.2, 0) is 6.61 Å². The second-order valence-electron chi connectivity index (χ2n) is 5.04. The first-order chi connectivity index (χ1) is 10.3. The van der Waals surface area contributed by atoms with Crippen LogP contribution in [0.2, 0.25) is 0 Å². The second-order valence-corrected chi connectivity index (χ2v) is 5.04. The number of hydrogen-bond acceptors (Lipinski definition) is 2. The zero-order valence-corrected chi connectivity index (χ0v) is 11.9. The topological polar surface area (TPSA) is 26.3 Å². The van der Waals surface area contributed by atoms with Gasteiger partial charge in [0.2, 0.25) is 0 Å². The van der Waals surface area contributed by atoms with Crippen molar-refractivity contribution in [3.05, 3.63) is 77.4 Å². The van der Waals surface area contributed by atoms with Crippen molar-refractivity contribution in [3.8, 4) is 5.75 Å². The fraction of sp³-hybridized carbons (Fsp3) is 0.105. The fourth-order valence-corrected chi connectivity index (χ4v) is 2.53. The maximum atomic E-state index is 11.1. The van der Waals surface area contributed by atoms with Crippen LogP contribution >= 0.6 is 0 Å². The van der Waals surface area contributed by atoms with Crippen molar-refractivity contribution >= 4 is 17.1 Å². The van der Waals surface area contributed by atoms with E-state index in [9.17, 15) is 4.79 Å². The highest BCUT2D eigenvalue weighted by atomic mass is 16.5. The molecule has 2 nitrogen and oxygen atoms in total. The Morgan fingerprint density at radius 3 is 2.57 bits per heavy atom. The van der Waals surface area contributed by atoms with Gasteiger partial charge in [0.1, 0.15) is 12.4 Å². The summed E-state index contributed by atoms with van der Waals surface area (Å²) in [5.41, 5.74) is 2.68. The molecule has 0 aliphatic rings. The summed E-state index contributed by atoms with van der Waals surface area (Å²) in [6, 6.07) is 20.0. The van der Waals surface area contributed by atoms with Gasteiger partial charge < -0.3 is 4.74 Å². The number of aryl methyl sites for hydroxylation is 1. The molecule has 0 bridgehead atoms. The summed E-state index contributed by atoms with van der Waals surface area (Å²) in [4.78, 5) is 11.1. The van der Waals surface area contributed by atoms with E-state index in [0.717, 1.165) is 17.4 Å². The first-order valence-electron chi connectivity index (χ1n) is 6.94. The molecule has 3 aromatic carbocycles. The molecule has 0 atom stereocenters. The van der Waals surface area contributed by atoms with Crippen LogP contribution in [0, 0.1) is 6.92 Å². The average Bonchev–Trinajstić information content (AvgIpc) is 2.53. The maximum Gasteiger partial charge on any atom is 0.153 e. The molecule has 104 valence electrons. The van der Waals surface area contributed by atoms with Gasteiger partial charge in [0.25, 0.3) is 0 Å². The van der Waals surface area contributed by atoms with Gasteiger partial charge in [-0.1, -0.05) is 54.6 Å². The van der Waals surface area contributed by atoms with Crippen LogP contribution in [-0.4, -0.2) is 6.29 Å². The van der Waals surface area contributed by atoms with E-state index in [0.29, 0.717) is 17.9 Å². The molecule has 0 unspecified atom stereocenters. The molecule has 0 saturated carbocycles. The van der Waals surface area contributed by atoms with E-state index in [4.69, 9.17) is 4.74 Å². The van der Waals surface area contributed by atoms with Gasteiger partial charge in [0.05, 0.1) is 5.56 Å². The largest absolute Gasteiger partial charge is 0.488 e. The minimum Gasteiger partial charge on any atom is -0.488 e. The molecule has 0 radical (unpaired) electrons. The third-order valence-electron chi connectivity index (χ3n) is 3.62. The number of rotatable bonds is 4. The summed E-state index contributed by atoms with van der Waals surface area (Å²) in [6.07, 6.45) is 0.839. The third-order valence-corrected chi connectivity index (χ3v) is 3.62. The molecule has 0 spiro atoms. The number of para-hydroxylation sites is 1. The van der Waals surface area contributed by atoms with Gasteiger partial charge in [0, 0.05) is 0 Å². The van der Waals surface area contributed by atoms with Gasteiger partial charge in [-0.2, -0.15) is 0 Å². The summed E-state index contributed by atoms with van der Waals surface area (Å²) < 4.78 is 5.92. The molecular weight excluding hydrogens is 260 g/mol. The van der Waals surface area contributed by atoms with Gasteiger partial charge in [-0.05, 0) is 34.9 Å². The SMILES string of the molecule is Cc1cccc(C=O)c1OCc1cccc2ccccc12. The number of hydrogen-bond donors (Lipinski definition) is 0. The Hall–Kier alpha value is -2.61. The smallest absolute Gasteiger partial charge is 0.153 e. The minimum absolute atomic E-state index is 0.451. The molecule has 0 amide bonds. The Kier molecular flexibility index (Phi) is 3.69. The molecule has 0 N–H and O–H groups in total. The monoisotopic (exact) mass is 276 g/mol. The summed E-state index contributed by atoms with van der Waals surface area (Å²) in [5.74, 6) is 0.667. The van der Waals surface area contributed by atoms with Crippen molar-refractivity contribution < 1.29 is 9.53 Å². The Morgan fingerprint density at radius 2 is 1.71 bits per heavy atom. The highest BCUT2D eigenvalue weighted by Gasteiger charge is 2.07. The van der Waals surface area contributed by atoms with E-state index >= 15 is 0 Å². The molecule has 0 aliphatic heterocycles. The Balaban J connectivity index is 1.93. The van der Waals surface area contributed by atoms with E-state index in [-0.39, 0.29) is 0 Å². The molecule has 3 aromatic rings. The van der Waals surface area contributed by atoms with E-state index in [1.54, 1.807) is 6.07 Å². The van der Waals surface area contributed by atoms with Gasteiger partial charge >= 0.3 is 0 Å². The van der Waals surface area contributed by atoms with E-state index in [2.05, 4.69) is 24.3 Å². The van der Waals surface area contributed by atoms with Gasteiger partial charge in [0.15, 0.2) is 6.29 Å². The molecule has 2 heteroatoms. The molecular formula is C19H16O2. The number of benzene rings is 3. The summed E-state index contributed by atoms with van der Waals surface area (Å²) >= 11 is 0. The van der Waals surface area contributed by atoms with Crippen LogP contribution in [0.3, 0.4) is 0 Å². The normalized spacial score (nSPS) is 10.5. The molecule has 0 aromatic heterocycles. The van der Waals surface area contributed by atoms with Crippen molar-refractivity contribution in [2.45, 2.75) is 13.5 Å². The van der Waals surface area contributed by atoms with Crippen molar-refractivity contribution in [3.63, 3.8) is 0 Å². The Labute approximate surface area is 124 Å². The van der Waals surface area contributed by atoms with Crippen LogP contribution in [0.1, 0.15) is 21.5 Å². The lowest BCUT2D eigenvalue weighted by molar-refractivity contribution is 0.111. The standard InChI is InChI=1S/C19H16O2/c1-14-6-4-9-16(12-20)19(14)21-13-17-10-5-8-15-7-2-3-11-18(15)17/h2-12H,13H2,1H3. The first kappa shape index (κ1) is 13.4. The van der Waals surface area contributed by atoms with Gasteiger partial charge in [-0.25, -0.2) is 0 Å². The number of ether oxygens (including phenoxy) is 1. The lowest BCUT2D eigenvalue weighted by atomic mass is 10.1. The number of fused-ring (bicyclic) bond motifs is 1. The molecule has 0 fully saturated rings. The zero-order valence-electron chi connectivity index (χ0n) is 11.9. The van der Waals surface area contributed by atoms with E-state index in [1.807, 2.05) is 37.3 Å². The van der Waals surface area contributed by atoms with Gasteiger partial charge in [-0.3, -0.25) is 4.79 Å². The predicted molar refractivity (Wildman–Crippen MR) is 84.8 cm³/mol. The lowest BCUT2D eigenvalue weighted by Gasteiger charge is -2.12. The molecule has 0 heterocycles. The minimum atomic E-state index is 0.451. The first-order valence-corrected chi connectivity index (χ1v) is 6.94. The molecule has 0 saturated heterocycles. The Bertz CT molecular complexity index is 785. The highest BCUT2D eigenvalue weighted by Crippen LogP contribution is 2.25. The number of aldehydes is 1. The van der Waals surface area contributed by atoms with Crippen molar-refractivity contribution in [1.29, 1.82) is 0 Å². The quantitative estimate of drug-likeness (QED) is 0.654. The van der Waals surface area contributed by atoms with Crippen LogP contribution in [0.15, 0.2) is 60.7 Å². The van der Waals surface area contributed by atoms with Crippen molar-refractivity contribution in [2.75, 3.05) is 0 Å². The summed E-state index contributed by atoms with van der Waals surface area (Å²) in [5, 5.41) is 2.38. The Morgan fingerprint density at radius 1 is 0.952 bits per heavy atom. The van der Waals surface area contributed by atoms with Crippen molar-refractivity contribution in [1.82, 2.24) is 0 Å². The van der Waals surface area contributed by atoms with E-state index < -0.39 is 0 Å². The molecule has 3 rings (SSSR count).